The molecule has 126 valence electrons. The van der Waals surface area contributed by atoms with Gasteiger partial charge in [-0.25, -0.2) is 0 Å². The van der Waals surface area contributed by atoms with E-state index in [0.717, 1.165) is 11.1 Å². The van der Waals surface area contributed by atoms with Crippen LogP contribution in [-0.2, 0) is 16.0 Å². The number of nitrogens with one attached hydrogen (secondary N) is 3. The smallest absolute Gasteiger partial charge is 0.234 e. The van der Waals surface area contributed by atoms with Gasteiger partial charge in [0, 0.05) is 7.05 Å². The predicted molar refractivity (Wildman–Crippen MR) is 94.4 cm³/mol. The number of hydrogen-bond donors (Lipinski definition) is 3. The number of carbonyl (C=O) groups excluding carboxylic acids is 2. The lowest BCUT2D eigenvalue weighted by atomic mass is 9.99. The molecule has 0 unspecified atom stereocenters. The molecule has 0 aliphatic carbocycles. The molecule has 2 aromatic rings. The van der Waals surface area contributed by atoms with Crippen LogP contribution in [0.2, 0.25) is 0 Å². The van der Waals surface area contributed by atoms with E-state index in [2.05, 4.69) is 16.0 Å². The van der Waals surface area contributed by atoms with Crippen LogP contribution in [0.3, 0.4) is 0 Å². The highest BCUT2D eigenvalue weighted by molar-refractivity contribution is 5.81. The monoisotopic (exact) mass is 325 g/mol. The first kappa shape index (κ1) is 17.7. The molecular weight excluding hydrogens is 302 g/mol. The van der Waals surface area contributed by atoms with Gasteiger partial charge >= 0.3 is 0 Å². The molecule has 1 atom stereocenters. The molecule has 0 aromatic heterocycles. The van der Waals surface area contributed by atoms with Crippen molar-refractivity contribution >= 4 is 11.8 Å². The van der Waals surface area contributed by atoms with E-state index in [1.165, 1.54) is 0 Å². The Kier molecular flexibility index (Phi) is 6.98. The first-order valence-corrected chi connectivity index (χ1v) is 7.98. The average molecular weight is 325 g/mol. The normalized spacial score (nSPS) is 11.5. The van der Waals surface area contributed by atoms with E-state index in [1.807, 2.05) is 60.7 Å². The summed E-state index contributed by atoms with van der Waals surface area (Å²) in [4.78, 5) is 23.4. The quantitative estimate of drug-likeness (QED) is 0.687. The highest BCUT2D eigenvalue weighted by Crippen LogP contribution is 2.18. The fraction of sp³-hybridized carbons (Fsp3) is 0.263. The molecule has 2 amide bonds. The van der Waals surface area contributed by atoms with Gasteiger partial charge in [-0.3, -0.25) is 14.9 Å². The van der Waals surface area contributed by atoms with Gasteiger partial charge in [0.1, 0.15) is 0 Å². The van der Waals surface area contributed by atoms with Gasteiger partial charge in [0.25, 0.3) is 0 Å². The minimum Gasteiger partial charge on any atom is -0.358 e. The zero-order chi connectivity index (χ0) is 17.2. The van der Waals surface area contributed by atoms with Crippen LogP contribution in [0.1, 0.15) is 17.2 Å². The van der Waals surface area contributed by atoms with Crippen LogP contribution < -0.4 is 16.0 Å². The topological polar surface area (TPSA) is 70.2 Å². The largest absolute Gasteiger partial charge is 0.358 e. The summed E-state index contributed by atoms with van der Waals surface area (Å²) in [5.74, 6) is -0.282. The second kappa shape index (κ2) is 9.47. The van der Waals surface area contributed by atoms with E-state index in [0.29, 0.717) is 6.42 Å². The fourth-order valence-corrected chi connectivity index (χ4v) is 2.41. The van der Waals surface area contributed by atoms with Gasteiger partial charge in [0.15, 0.2) is 0 Å². The zero-order valence-electron chi connectivity index (χ0n) is 13.8. The van der Waals surface area contributed by atoms with E-state index in [1.54, 1.807) is 7.05 Å². The van der Waals surface area contributed by atoms with Crippen LogP contribution >= 0.6 is 0 Å². The summed E-state index contributed by atoms with van der Waals surface area (Å²) in [7, 11) is 1.56. The Bertz CT molecular complexity index is 644. The highest BCUT2D eigenvalue weighted by atomic mass is 16.2. The molecule has 24 heavy (non-hydrogen) atoms. The number of amides is 2. The Morgan fingerprint density at radius 2 is 1.46 bits per heavy atom. The summed E-state index contributed by atoms with van der Waals surface area (Å²) in [6, 6.07) is 19.8. The minimum absolute atomic E-state index is 0.103. The Labute approximate surface area is 142 Å². The lowest BCUT2D eigenvalue weighted by Crippen LogP contribution is -2.40. The van der Waals surface area contributed by atoms with Gasteiger partial charge in [0.05, 0.1) is 19.1 Å². The molecular formula is C19H23N3O2. The Morgan fingerprint density at radius 1 is 0.875 bits per heavy atom. The Morgan fingerprint density at radius 3 is 2.08 bits per heavy atom. The summed E-state index contributed by atoms with van der Waals surface area (Å²) < 4.78 is 0. The van der Waals surface area contributed by atoms with Crippen LogP contribution in [0.25, 0.3) is 0 Å². The Hall–Kier alpha value is -2.66. The van der Waals surface area contributed by atoms with E-state index < -0.39 is 0 Å². The van der Waals surface area contributed by atoms with Gasteiger partial charge < -0.3 is 10.6 Å². The number of benzene rings is 2. The van der Waals surface area contributed by atoms with E-state index in [4.69, 9.17) is 0 Å². The van der Waals surface area contributed by atoms with Crippen molar-refractivity contribution in [3.63, 3.8) is 0 Å². The summed E-state index contributed by atoms with van der Waals surface area (Å²) in [6.45, 7) is 0.226. The number of hydrogen-bond acceptors (Lipinski definition) is 3. The molecule has 0 spiro atoms. The van der Waals surface area contributed by atoms with Crippen molar-refractivity contribution in [1.82, 2.24) is 16.0 Å². The zero-order valence-corrected chi connectivity index (χ0v) is 13.8. The minimum atomic E-state index is -0.147. The fourth-order valence-electron chi connectivity index (χ4n) is 2.41. The first-order valence-electron chi connectivity index (χ1n) is 7.98. The average Bonchev–Trinajstić information content (AvgIpc) is 2.62. The van der Waals surface area contributed by atoms with Crippen LogP contribution in [0.4, 0.5) is 0 Å². The lowest BCUT2D eigenvalue weighted by molar-refractivity contribution is -0.121. The van der Waals surface area contributed by atoms with Crippen molar-refractivity contribution in [3.05, 3.63) is 71.8 Å². The van der Waals surface area contributed by atoms with Gasteiger partial charge in [-0.2, -0.15) is 0 Å². The Balaban J connectivity index is 1.98. The maximum Gasteiger partial charge on any atom is 0.234 e. The maximum absolute atomic E-state index is 12.2. The second-order valence-electron chi connectivity index (χ2n) is 5.50. The third kappa shape index (κ3) is 5.85. The molecule has 5 nitrogen and oxygen atoms in total. The van der Waals surface area contributed by atoms with Crippen molar-refractivity contribution in [2.75, 3.05) is 20.1 Å². The summed E-state index contributed by atoms with van der Waals surface area (Å²) in [5, 5.41) is 8.38. The highest BCUT2D eigenvalue weighted by Gasteiger charge is 2.15. The van der Waals surface area contributed by atoms with Crippen molar-refractivity contribution in [3.8, 4) is 0 Å². The standard InChI is InChI=1S/C19H23N3O2/c1-20-18(23)13-21-14-19(24)22-17(16-10-6-3-7-11-16)12-15-8-4-2-5-9-15/h2-11,17,21H,12-14H2,1H3,(H,20,23)(H,22,24)/t17-/m0/s1. The third-order valence-corrected chi connectivity index (χ3v) is 3.67. The van der Waals surface area contributed by atoms with E-state index in [9.17, 15) is 9.59 Å². The summed E-state index contributed by atoms with van der Waals surface area (Å²) in [6.07, 6.45) is 0.714. The molecule has 3 N–H and O–H groups in total. The van der Waals surface area contributed by atoms with Gasteiger partial charge in [-0.1, -0.05) is 60.7 Å². The maximum atomic E-state index is 12.2. The van der Waals surface area contributed by atoms with Gasteiger partial charge in [0.2, 0.25) is 11.8 Å². The van der Waals surface area contributed by atoms with Crippen LogP contribution in [0.5, 0.6) is 0 Å². The molecule has 0 aliphatic rings. The SMILES string of the molecule is CNC(=O)CNCC(=O)N[C@@H](Cc1ccccc1)c1ccccc1. The lowest BCUT2D eigenvalue weighted by Gasteiger charge is -2.19. The summed E-state index contributed by atoms with van der Waals surface area (Å²) in [5.41, 5.74) is 2.21. The second-order valence-corrected chi connectivity index (χ2v) is 5.50. The molecule has 0 fully saturated rings. The van der Waals surface area contributed by atoms with Crippen LogP contribution in [-0.4, -0.2) is 32.0 Å². The predicted octanol–water partition coefficient (Wildman–Crippen LogP) is 1.42. The number of likely N-dealkylation sites (N-methyl/N-ethyl adjacent to an activating group) is 1. The van der Waals surface area contributed by atoms with Crippen LogP contribution in [0.15, 0.2) is 60.7 Å². The van der Waals surface area contributed by atoms with E-state index >= 15 is 0 Å². The molecule has 2 rings (SSSR count). The third-order valence-electron chi connectivity index (χ3n) is 3.67. The van der Waals surface area contributed by atoms with Crippen molar-refractivity contribution in [2.24, 2.45) is 0 Å². The van der Waals surface area contributed by atoms with E-state index in [-0.39, 0.29) is 30.9 Å². The van der Waals surface area contributed by atoms with Crippen molar-refractivity contribution < 1.29 is 9.59 Å². The molecule has 0 radical (unpaired) electrons. The molecule has 0 saturated carbocycles. The first-order chi connectivity index (χ1) is 11.7. The molecule has 0 saturated heterocycles. The van der Waals surface area contributed by atoms with Crippen molar-refractivity contribution in [1.29, 1.82) is 0 Å². The van der Waals surface area contributed by atoms with Gasteiger partial charge in [-0.15, -0.1) is 0 Å². The summed E-state index contributed by atoms with van der Waals surface area (Å²) >= 11 is 0. The molecule has 0 heterocycles. The molecule has 2 aromatic carbocycles. The number of carbonyl (C=O) groups is 2. The molecule has 0 bridgehead atoms. The van der Waals surface area contributed by atoms with Gasteiger partial charge in [-0.05, 0) is 17.5 Å². The van der Waals surface area contributed by atoms with Crippen LogP contribution in [0, 0.1) is 0 Å². The van der Waals surface area contributed by atoms with Crippen molar-refractivity contribution in [2.45, 2.75) is 12.5 Å². The molecule has 0 aliphatic heterocycles. The molecule has 5 heteroatoms. The number of rotatable bonds is 8.